The summed E-state index contributed by atoms with van der Waals surface area (Å²) in [5.74, 6) is -2.29. The van der Waals surface area contributed by atoms with Crippen molar-refractivity contribution in [2.45, 2.75) is 45.8 Å². The fourth-order valence-electron chi connectivity index (χ4n) is 2.82. The Labute approximate surface area is 181 Å². The number of carbonyl (C=O) groups excluding carboxylic acids is 2. The SMILES string of the molecule is CC(NP1(=O)OCC(C)(C)[C@H](C(=O)NCCC(=O)O)O1)C(=O)OCCc1ccccc1. The summed E-state index contributed by atoms with van der Waals surface area (Å²) in [5, 5.41) is 13.7. The van der Waals surface area contributed by atoms with E-state index < -0.39 is 43.2 Å². The van der Waals surface area contributed by atoms with E-state index in [1.54, 1.807) is 13.8 Å². The summed E-state index contributed by atoms with van der Waals surface area (Å²) in [6.07, 6.45) is -0.872. The highest BCUT2D eigenvalue weighted by atomic mass is 31.2. The summed E-state index contributed by atoms with van der Waals surface area (Å²) in [6, 6.07) is 8.51. The second-order valence-corrected chi connectivity index (χ2v) is 9.66. The summed E-state index contributed by atoms with van der Waals surface area (Å²) in [7, 11) is -3.98. The van der Waals surface area contributed by atoms with E-state index in [1.807, 2.05) is 30.3 Å². The number of rotatable bonds is 10. The van der Waals surface area contributed by atoms with Crippen molar-refractivity contribution in [1.29, 1.82) is 0 Å². The Morgan fingerprint density at radius 3 is 2.61 bits per heavy atom. The highest BCUT2D eigenvalue weighted by Crippen LogP contribution is 2.53. The van der Waals surface area contributed by atoms with Gasteiger partial charge in [-0.25, -0.2) is 9.65 Å². The maximum atomic E-state index is 13.0. The summed E-state index contributed by atoms with van der Waals surface area (Å²) in [5.41, 5.74) is 0.198. The fraction of sp³-hybridized carbons (Fsp3) is 0.550. The van der Waals surface area contributed by atoms with Gasteiger partial charge < -0.3 is 15.2 Å². The van der Waals surface area contributed by atoms with Crippen LogP contribution in [0, 0.1) is 5.41 Å². The molecule has 1 aliphatic rings. The number of esters is 1. The van der Waals surface area contributed by atoms with Crippen molar-refractivity contribution >= 4 is 25.6 Å². The molecule has 0 aliphatic carbocycles. The van der Waals surface area contributed by atoms with Gasteiger partial charge in [-0.2, -0.15) is 0 Å². The molecular formula is C20H29N2O8P. The molecule has 0 saturated carbocycles. The molecule has 172 valence electrons. The maximum absolute atomic E-state index is 13.0. The molecule has 10 nitrogen and oxygen atoms in total. The quantitative estimate of drug-likeness (QED) is 0.356. The van der Waals surface area contributed by atoms with Crippen molar-refractivity contribution in [3.63, 3.8) is 0 Å². The molecule has 1 aromatic rings. The van der Waals surface area contributed by atoms with Crippen LogP contribution in [0.25, 0.3) is 0 Å². The Balaban J connectivity index is 1.90. The lowest BCUT2D eigenvalue weighted by Gasteiger charge is -2.40. The van der Waals surface area contributed by atoms with Gasteiger partial charge in [0.15, 0.2) is 6.10 Å². The molecule has 1 heterocycles. The number of aliphatic carboxylic acids is 1. The van der Waals surface area contributed by atoms with Gasteiger partial charge >= 0.3 is 19.7 Å². The minimum absolute atomic E-state index is 0.0654. The van der Waals surface area contributed by atoms with E-state index in [0.717, 1.165) is 5.56 Å². The van der Waals surface area contributed by atoms with E-state index in [0.29, 0.717) is 6.42 Å². The van der Waals surface area contributed by atoms with Crippen LogP contribution >= 0.6 is 7.75 Å². The highest BCUT2D eigenvalue weighted by molar-refractivity contribution is 7.51. The van der Waals surface area contributed by atoms with E-state index in [-0.39, 0.29) is 26.2 Å². The normalized spacial score (nSPS) is 23.5. The molecule has 1 amide bonds. The first-order chi connectivity index (χ1) is 14.5. The monoisotopic (exact) mass is 456 g/mol. The van der Waals surface area contributed by atoms with Crippen molar-refractivity contribution in [2.75, 3.05) is 19.8 Å². The van der Waals surface area contributed by atoms with Gasteiger partial charge in [0.2, 0.25) is 5.91 Å². The molecule has 1 aromatic carbocycles. The third-order valence-corrected chi connectivity index (χ3v) is 6.28. The zero-order valence-corrected chi connectivity index (χ0v) is 18.7. The molecular weight excluding hydrogens is 427 g/mol. The van der Waals surface area contributed by atoms with Crippen LogP contribution < -0.4 is 10.4 Å². The van der Waals surface area contributed by atoms with E-state index in [9.17, 15) is 18.9 Å². The van der Waals surface area contributed by atoms with Gasteiger partial charge in [0.25, 0.3) is 0 Å². The third kappa shape index (κ3) is 7.74. The average molecular weight is 456 g/mol. The average Bonchev–Trinajstić information content (AvgIpc) is 2.70. The van der Waals surface area contributed by atoms with Gasteiger partial charge in [-0.1, -0.05) is 44.2 Å². The van der Waals surface area contributed by atoms with Crippen LogP contribution in [0.1, 0.15) is 32.8 Å². The summed E-state index contributed by atoms with van der Waals surface area (Å²) >= 11 is 0. The van der Waals surface area contributed by atoms with E-state index in [4.69, 9.17) is 18.9 Å². The second-order valence-electron chi connectivity index (χ2n) is 7.93. The predicted octanol–water partition coefficient (Wildman–Crippen LogP) is 1.89. The smallest absolute Gasteiger partial charge is 0.407 e. The number of carboxylic acid groups (broad SMARTS) is 1. The standard InChI is InChI=1S/C20H29N2O8P/c1-14(19(26)28-12-10-15-7-5-4-6-8-15)22-31(27)29-13-20(2,3)17(30-31)18(25)21-11-9-16(23)24/h4-8,14,17H,9-13H2,1-3H3,(H,21,25)(H,22,27)(H,23,24)/t14?,17-,31?/m0/s1. The summed E-state index contributed by atoms with van der Waals surface area (Å²) in [4.78, 5) is 35.3. The van der Waals surface area contributed by atoms with Crippen LogP contribution in [0.2, 0.25) is 0 Å². The van der Waals surface area contributed by atoms with Crippen molar-refractivity contribution in [1.82, 2.24) is 10.4 Å². The lowest BCUT2D eigenvalue weighted by atomic mass is 9.87. The van der Waals surface area contributed by atoms with Gasteiger partial charge in [-0.05, 0) is 12.5 Å². The zero-order valence-electron chi connectivity index (χ0n) is 17.8. The molecule has 31 heavy (non-hydrogen) atoms. The van der Waals surface area contributed by atoms with Crippen LogP contribution in [0.3, 0.4) is 0 Å². The largest absolute Gasteiger partial charge is 0.481 e. The lowest BCUT2D eigenvalue weighted by molar-refractivity contribution is -0.145. The minimum Gasteiger partial charge on any atom is -0.481 e. The Morgan fingerprint density at radius 2 is 1.97 bits per heavy atom. The number of hydrogen-bond acceptors (Lipinski definition) is 7. The summed E-state index contributed by atoms with van der Waals surface area (Å²) in [6.45, 7) is 4.84. The van der Waals surface area contributed by atoms with Gasteiger partial charge in [-0.3, -0.25) is 23.4 Å². The van der Waals surface area contributed by atoms with Crippen molar-refractivity contribution in [3.05, 3.63) is 35.9 Å². The molecule has 3 N–H and O–H groups in total. The van der Waals surface area contributed by atoms with Gasteiger partial charge in [0.1, 0.15) is 6.04 Å². The van der Waals surface area contributed by atoms with Crippen LogP contribution in [-0.2, 0) is 39.2 Å². The number of carbonyl (C=O) groups is 3. The topological polar surface area (TPSA) is 140 Å². The Hall–Kier alpha value is -2.26. The van der Waals surface area contributed by atoms with Crippen LogP contribution in [0.5, 0.6) is 0 Å². The second kappa shape index (κ2) is 10.9. The zero-order chi connectivity index (χ0) is 23.1. The number of carboxylic acids is 1. The molecule has 3 atom stereocenters. The number of benzene rings is 1. The van der Waals surface area contributed by atoms with Gasteiger partial charge in [0, 0.05) is 18.4 Å². The molecule has 1 aliphatic heterocycles. The molecule has 0 bridgehead atoms. The first kappa shape index (κ1) is 25.0. The molecule has 0 aromatic heterocycles. The summed E-state index contributed by atoms with van der Waals surface area (Å²) < 4.78 is 29.0. The Kier molecular flexibility index (Phi) is 8.76. The van der Waals surface area contributed by atoms with E-state index in [2.05, 4.69) is 10.4 Å². The lowest BCUT2D eigenvalue weighted by Crippen LogP contribution is -2.51. The molecule has 0 spiro atoms. The molecule has 2 rings (SSSR count). The predicted molar refractivity (Wildman–Crippen MR) is 111 cm³/mol. The number of nitrogens with one attached hydrogen (secondary N) is 2. The molecule has 11 heteroatoms. The van der Waals surface area contributed by atoms with Crippen molar-refractivity contribution in [3.8, 4) is 0 Å². The molecule has 1 fully saturated rings. The van der Waals surface area contributed by atoms with Gasteiger partial charge in [-0.15, -0.1) is 0 Å². The van der Waals surface area contributed by atoms with Crippen molar-refractivity contribution < 1.29 is 37.8 Å². The van der Waals surface area contributed by atoms with E-state index in [1.165, 1.54) is 6.92 Å². The van der Waals surface area contributed by atoms with E-state index >= 15 is 0 Å². The minimum atomic E-state index is -3.98. The highest BCUT2D eigenvalue weighted by Gasteiger charge is 2.48. The number of amides is 1. The Bertz CT molecular complexity index is 830. The molecule has 1 saturated heterocycles. The number of hydrogen-bond donors (Lipinski definition) is 3. The van der Waals surface area contributed by atoms with Crippen LogP contribution in [0.15, 0.2) is 30.3 Å². The molecule has 2 unspecified atom stereocenters. The van der Waals surface area contributed by atoms with Gasteiger partial charge in [0.05, 0.1) is 19.6 Å². The van der Waals surface area contributed by atoms with Crippen LogP contribution in [-0.4, -0.2) is 54.9 Å². The maximum Gasteiger partial charge on any atom is 0.407 e. The van der Waals surface area contributed by atoms with Crippen molar-refractivity contribution in [2.24, 2.45) is 5.41 Å². The fourth-order valence-corrected chi connectivity index (χ4v) is 4.76. The Morgan fingerprint density at radius 1 is 1.29 bits per heavy atom. The molecule has 0 radical (unpaired) electrons. The third-order valence-electron chi connectivity index (χ3n) is 4.62. The number of ether oxygens (including phenoxy) is 1. The first-order valence-electron chi connectivity index (χ1n) is 9.93. The first-order valence-corrected chi connectivity index (χ1v) is 11.5. The van der Waals surface area contributed by atoms with Crippen LogP contribution in [0.4, 0.5) is 0 Å².